The zero-order chi connectivity index (χ0) is 20.2. The molecule has 0 aliphatic carbocycles. The molecule has 2 aromatic rings. The van der Waals surface area contributed by atoms with Gasteiger partial charge in [-0.1, -0.05) is 18.2 Å². The Labute approximate surface area is 189 Å². The summed E-state index contributed by atoms with van der Waals surface area (Å²) in [6.07, 6.45) is 0. The van der Waals surface area contributed by atoms with E-state index in [1.54, 1.807) is 13.2 Å². The number of carbonyl (C=O) groups is 1. The van der Waals surface area contributed by atoms with Gasteiger partial charge in [0, 0.05) is 25.2 Å². The van der Waals surface area contributed by atoms with Gasteiger partial charge in [-0.2, -0.15) is 0 Å². The summed E-state index contributed by atoms with van der Waals surface area (Å²) in [5.41, 5.74) is 1.79. The molecule has 0 atom stereocenters. The molecule has 2 rings (SSSR count). The van der Waals surface area contributed by atoms with Crippen molar-refractivity contribution < 1.29 is 14.3 Å². The third-order valence-electron chi connectivity index (χ3n) is 3.72. The van der Waals surface area contributed by atoms with Gasteiger partial charge in [0.2, 0.25) is 5.91 Å². The first-order valence-corrected chi connectivity index (χ1v) is 9.26. The van der Waals surface area contributed by atoms with Gasteiger partial charge in [-0.05, 0) is 36.8 Å². The molecule has 2 aromatic carbocycles. The van der Waals surface area contributed by atoms with E-state index in [0.717, 1.165) is 23.8 Å². The molecule has 0 unspecified atom stereocenters. The van der Waals surface area contributed by atoms with Crippen LogP contribution >= 0.6 is 24.0 Å². The van der Waals surface area contributed by atoms with Gasteiger partial charge in [0.1, 0.15) is 18.1 Å². The van der Waals surface area contributed by atoms with Crippen molar-refractivity contribution in [3.63, 3.8) is 0 Å². The number of rotatable bonds is 9. The van der Waals surface area contributed by atoms with Crippen LogP contribution in [-0.2, 0) is 11.3 Å². The summed E-state index contributed by atoms with van der Waals surface area (Å²) in [7, 11) is 1.65. The first-order chi connectivity index (χ1) is 13.6. The summed E-state index contributed by atoms with van der Waals surface area (Å²) >= 11 is 0. The molecule has 1 amide bonds. The highest BCUT2D eigenvalue weighted by Gasteiger charge is 2.01. The average molecular weight is 512 g/mol. The quantitative estimate of drug-likeness (QED) is 0.208. The third kappa shape index (κ3) is 9.51. The number of hydrogen-bond acceptors (Lipinski definition) is 4. The number of aliphatic imine (C=N–C) groups is 1. The van der Waals surface area contributed by atoms with Crippen LogP contribution in [0.2, 0.25) is 0 Å². The van der Waals surface area contributed by atoms with Crippen molar-refractivity contribution in [3.8, 4) is 11.5 Å². The molecule has 8 heteroatoms. The zero-order valence-electron chi connectivity index (χ0n) is 17.0. The van der Waals surface area contributed by atoms with Crippen molar-refractivity contribution in [1.29, 1.82) is 0 Å². The largest absolute Gasteiger partial charge is 0.497 e. The predicted molar refractivity (Wildman–Crippen MR) is 127 cm³/mol. The van der Waals surface area contributed by atoms with Gasteiger partial charge in [0.25, 0.3) is 0 Å². The lowest BCUT2D eigenvalue weighted by Gasteiger charge is -2.13. The SMILES string of the molecule is CCNC(=NCc1cccc(OC)c1)NCCOc1cccc(NC(C)=O)c1.I. The van der Waals surface area contributed by atoms with E-state index >= 15 is 0 Å². The third-order valence-corrected chi connectivity index (χ3v) is 3.72. The Morgan fingerprint density at radius 1 is 1.07 bits per heavy atom. The maximum atomic E-state index is 11.1. The summed E-state index contributed by atoms with van der Waals surface area (Å²) in [4.78, 5) is 15.7. The molecule has 29 heavy (non-hydrogen) atoms. The van der Waals surface area contributed by atoms with Gasteiger partial charge in [-0.3, -0.25) is 4.79 Å². The number of ether oxygens (including phenoxy) is 2. The van der Waals surface area contributed by atoms with Crippen LogP contribution < -0.4 is 25.4 Å². The number of anilines is 1. The highest BCUT2D eigenvalue weighted by molar-refractivity contribution is 14.0. The van der Waals surface area contributed by atoms with Gasteiger partial charge in [-0.15, -0.1) is 24.0 Å². The zero-order valence-corrected chi connectivity index (χ0v) is 19.4. The number of nitrogens with one attached hydrogen (secondary N) is 3. The summed E-state index contributed by atoms with van der Waals surface area (Å²) in [5.74, 6) is 2.13. The molecule has 0 bridgehead atoms. The Bertz CT molecular complexity index is 799. The normalized spacial score (nSPS) is 10.5. The molecule has 7 nitrogen and oxygen atoms in total. The minimum absolute atomic E-state index is 0. The van der Waals surface area contributed by atoms with Crippen LogP contribution in [0.25, 0.3) is 0 Å². The van der Waals surface area contributed by atoms with E-state index < -0.39 is 0 Å². The Morgan fingerprint density at radius 3 is 2.55 bits per heavy atom. The summed E-state index contributed by atoms with van der Waals surface area (Å²) in [6, 6.07) is 15.2. The fourth-order valence-corrected chi connectivity index (χ4v) is 2.49. The molecule has 3 N–H and O–H groups in total. The molecule has 0 aliphatic rings. The molecule has 0 aromatic heterocycles. The molecule has 0 fully saturated rings. The van der Waals surface area contributed by atoms with Crippen LogP contribution in [0.1, 0.15) is 19.4 Å². The second-order valence-corrected chi connectivity index (χ2v) is 6.03. The highest BCUT2D eigenvalue weighted by atomic mass is 127. The molecule has 0 heterocycles. The van der Waals surface area contributed by atoms with Crippen LogP contribution in [0.4, 0.5) is 5.69 Å². The number of hydrogen-bond donors (Lipinski definition) is 3. The van der Waals surface area contributed by atoms with Crippen LogP contribution in [0.3, 0.4) is 0 Å². The number of amides is 1. The summed E-state index contributed by atoms with van der Waals surface area (Å²) in [5, 5.41) is 9.20. The molecule has 0 spiro atoms. The van der Waals surface area contributed by atoms with Crippen molar-refractivity contribution in [1.82, 2.24) is 10.6 Å². The van der Waals surface area contributed by atoms with Gasteiger partial charge in [-0.25, -0.2) is 4.99 Å². The van der Waals surface area contributed by atoms with E-state index in [2.05, 4.69) is 20.9 Å². The fourth-order valence-electron chi connectivity index (χ4n) is 2.49. The average Bonchev–Trinajstić information content (AvgIpc) is 2.69. The fraction of sp³-hybridized carbons (Fsp3) is 0.333. The van der Waals surface area contributed by atoms with Crippen LogP contribution in [-0.4, -0.2) is 38.7 Å². The molecule has 0 saturated carbocycles. The molecule has 0 aliphatic heterocycles. The molecular weight excluding hydrogens is 483 g/mol. The Balaban J connectivity index is 0.00000420. The van der Waals surface area contributed by atoms with Gasteiger partial charge in [0.15, 0.2) is 5.96 Å². The minimum Gasteiger partial charge on any atom is -0.497 e. The molecule has 0 saturated heterocycles. The Kier molecular flexibility index (Phi) is 11.6. The van der Waals surface area contributed by atoms with Crippen LogP contribution in [0, 0.1) is 0 Å². The second kappa shape index (κ2) is 13.6. The first-order valence-electron chi connectivity index (χ1n) is 9.26. The van der Waals surface area contributed by atoms with Crippen molar-refractivity contribution >= 4 is 41.5 Å². The summed E-state index contributed by atoms with van der Waals surface area (Å²) < 4.78 is 11.0. The molecule has 0 radical (unpaired) electrons. The smallest absolute Gasteiger partial charge is 0.221 e. The second-order valence-electron chi connectivity index (χ2n) is 6.03. The lowest BCUT2D eigenvalue weighted by Crippen LogP contribution is -2.39. The van der Waals surface area contributed by atoms with E-state index in [0.29, 0.717) is 31.1 Å². The monoisotopic (exact) mass is 512 g/mol. The number of halogens is 1. The van der Waals surface area contributed by atoms with E-state index in [-0.39, 0.29) is 29.9 Å². The standard InChI is InChI=1S/C21H28N4O3.HI/c1-4-22-21(24-15-17-7-5-9-19(13-17)27-3)23-11-12-28-20-10-6-8-18(14-20)25-16(2)26;/h5-10,13-14H,4,11-12,15H2,1-3H3,(H,25,26)(H2,22,23,24);1H. The van der Waals surface area contributed by atoms with Crippen molar-refractivity contribution in [3.05, 3.63) is 54.1 Å². The van der Waals surface area contributed by atoms with Crippen molar-refractivity contribution in [2.75, 3.05) is 32.1 Å². The van der Waals surface area contributed by atoms with Gasteiger partial charge < -0.3 is 25.4 Å². The highest BCUT2D eigenvalue weighted by Crippen LogP contribution is 2.17. The Hall–Kier alpha value is -2.49. The topological polar surface area (TPSA) is 84.0 Å². The van der Waals surface area contributed by atoms with E-state index in [9.17, 15) is 4.79 Å². The van der Waals surface area contributed by atoms with Gasteiger partial charge in [0.05, 0.1) is 20.2 Å². The molecular formula is C21H29IN4O3. The Morgan fingerprint density at radius 2 is 1.83 bits per heavy atom. The predicted octanol–water partition coefficient (Wildman–Crippen LogP) is 3.41. The van der Waals surface area contributed by atoms with Gasteiger partial charge >= 0.3 is 0 Å². The van der Waals surface area contributed by atoms with Crippen LogP contribution in [0.5, 0.6) is 11.5 Å². The number of guanidine groups is 1. The maximum absolute atomic E-state index is 11.1. The first kappa shape index (κ1) is 24.5. The summed E-state index contributed by atoms with van der Waals surface area (Å²) in [6.45, 7) is 5.87. The lowest BCUT2D eigenvalue weighted by atomic mass is 10.2. The van der Waals surface area contributed by atoms with E-state index in [4.69, 9.17) is 9.47 Å². The number of methoxy groups -OCH3 is 1. The van der Waals surface area contributed by atoms with E-state index in [1.165, 1.54) is 6.92 Å². The number of nitrogens with zero attached hydrogens (tertiary/aromatic N) is 1. The minimum atomic E-state index is -0.110. The molecule has 158 valence electrons. The lowest BCUT2D eigenvalue weighted by molar-refractivity contribution is -0.114. The maximum Gasteiger partial charge on any atom is 0.221 e. The van der Waals surface area contributed by atoms with Crippen LogP contribution in [0.15, 0.2) is 53.5 Å². The van der Waals surface area contributed by atoms with Crippen molar-refractivity contribution in [2.24, 2.45) is 4.99 Å². The van der Waals surface area contributed by atoms with E-state index in [1.807, 2.05) is 49.4 Å². The van der Waals surface area contributed by atoms with Crippen molar-refractivity contribution in [2.45, 2.75) is 20.4 Å². The number of carbonyl (C=O) groups excluding carboxylic acids is 1. The number of benzene rings is 2.